The van der Waals surface area contributed by atoms with Crippen LogP contribution in [0.4, 0.5) is 0 Å². The molecule has 3 aromatic carbocycles. The zero-order chi connectivity index (χ0) is 13.2. The summed E-state index contributed by atoms with van der Waals surface area (Å²) in [4.78, 5) is 0. The van der Waals surface area contributed by atoms with Gasteiger partial charge in [-0.1, -0.05) is 36.4 Å². The van der Waals surface area contributed by atoms with Gasteiger partial charge in [0.1, 0.15) is 0 Å². The van der Waals surface area contributed by atoms with E-state index >= 15 is 0 Å². The van der Waals surface area contributed by atoms with Crippen molar-refractivity contribution in [2.75, 3.05) is 7.11 Å². The van der Waals surface area contributed by atoms with Crippen LogP contribution >= 0.6 is 8.25 Å². The summed E-state index contributed by atoms with van der Waals surface area (Å²) in [6.07, 6.45) is 0. The molecule has 0 heterocycles. The zero-order valence-electron chi connectivity index (χ0n) is 10.4. The van der Waals surface area contributed by atoms with Crippen LogP contribution in [0.2, 0.25) is 0 Å². The molecule has 0 radical (unpaired) electrons. The van der Waals surface area contributed by atoms with Crippen molar-refractivity contribution in [2.45, 2.75) is 0 Å². The Morgan fingerprint density at radius 1 is 0.895 bits per heavy atom. The van der Waals surface area contributed by atoms with Gasteiger partial charge >= 0.3 is 8.25 Å². The molecule has 0 aliphatic heterocycles. The molecule has 3 rings (SSSR count). The van der Waals surface area contributed by atoms with E-state index < -0.39 is 8.25 Å². The van der Waals surface area contributed by atoms with Crippen molar-refractivity contribution in [1.82, 2.24) is 0 Å². The molecule has 0 fully saturated rings. The smallest absolute Gasteiger partial charge is 0.229 e. The number of rotatable bonds is 3. The lowest BCUT2D eigenvalue weighted by atomic mass is 10.0. The van der Waals surface area contributed by atoms with Gasteiger partial charge in [0, 0.05) is 9.95 Å². The molecule has 3 nitrogen and oxygen atoms in total. The largest absolute Gasteiger partial charge is 0.749 e. The van der Waals surface area contributed by atoms with Crippen molar-refractivity contribution in [1.29, 1.82) is 0 Å². The molecule has 0 saturated carbocycles. The minimum absolute atomic E-state index is 0.575. The van der Waals surface area contributed by atoms with Gasteiger partial charge in [-0.05, 0) is 34.4 Å². The Labute approximate surface area is 111 Å². The maximum atomic E-state index is 11.4. The van der Waals surface area contributed by atoms with Gasteiger partial charge in [0.15, 0.2) is 5.75 Å². The second-order valence-corrected chi connectivity index (χ2v) is 5.17. The molecule has 94 valence electrons. The Balaban J connectivity index is 2.23. The average molecular weight is 271 g/mol. The molecule has 0 saturated heterocycles. The Morgan fingerprint density at radius 2 is 1.58 bits per heavy atom. The van der Waals surface area contributed by atoms with Gasteiger partial charge in [0.05, 0.1) is 7.11 Å². The second kappa shape index (κ2) is 4.96. The van der Waals surface area contributed by atoms with E-state index in [4.69, 9.17) is 4.52 Å². The SMILES string of the molecule is CO[P+](=O)Oc1cccc2cc3ccccc3cc12. The summed E-state index contributed by atoms with van der Waals surface area (Å²) in [6.45, 7) is 0. The molecule has 0 bridgehead atoms. The lowest BCUT2D eigenvalue weighted by Crippen LogP contribution is -1.85. The fourth-order valence-electron chi connectivity index (χ4n) is 2.14. The summed E-state index contributed by atoms with van der Waals surface area (Å²) in [6, 6.07) is 17.9. The molecule has 0 aliphatic carbocycles. The van der Waals surface area contributed by atoms with Crippen molar-refractivity contribution in [3.63, 3.8) is 0 Å². The van der Waals surface area contributed by atoms with Gasteiger partial charge in [-0.15, -0.1) is 4.52 Å². The van der Waals surface area contributed by atoms with Crippen molar-refractivity contribution >= 4 is 29.8 Å². The molecular formula is C15H12O3P+. The van der Waals surface area contributed by atoms with Gasteiger partial charge in [-0.3, -0.25) is 0 Å². The first kappa shape index (κ1) is 12.1. The Morgan fingerprint density at radius 3 is 2.32 bits per heavy atom. The molecular weight excluding hydrogens is 259 g/mol. The van der Waals surface area contributed by atoms with Crippen LogP contribution < -0.4 is 4.52 Å². The van der Waals surface area contributed by atoms with Crippen LogP contribution in [0.1, 0.15) is 0 Å². The van der Waals surface area contributed by atoms with Gasteiger partial charge in [-0.2, -0.15) is 0 Å². The summed E-state index contributed by atoms with van der Waals surface area (Å²) >= 11 is 0. The molecule has 0 aliphatic rings. The first-order valence-corrected chi connectivity index (χ1v) is 6.98. The van der Waals surface area contributed by atoms with Crippen LogP contribution in [0, 0.1) is 0 Å². The van der Waals surface area contributed by atoms with Crippen molar-refractivity contribution < 1.29 is 13.6 Å². The molecule has 0 aromatic heterocycles. The van der Waals surface area contributed by atoms with Gasteiger partial charge in [0.25, 0.3) is 0 Å². The van der Waals surface area contributed by atoms with Crippen LogP contribution in [0.25, 0.3) is 21.5 Å². The van der Waals surface area contributed by atoms with E-state index in [1.165, 1.54) is 12.5 Å². The van der Waals surface area contributed by atoms with Crippen LogP contribution in [0.3, 0.4) is 0 Å². The van der Waals surface area contributed by atoms with Crippen LogP contribution in [-0.4, -0.2) is 7.11 Å². The summed E-state index contributed by atoms with van der Waals surface area (Å²) in [5, 5.41) is 4.28. The van der Waals surface area contributed by atoms with E-state index in [0.29, 0.717) is 5.75 Å². The fraction of sp³-hybridized carbons (Fsp3) is 0.0667. The highest BCUT2D eigenvalue weighted by molar-refractivity contribution is 7.33. The second-order valence-electron chi connectivity index (χ2n) is 4.17. The average Bonchev–Trinajstić information content (AvgIpc) is 2.45. The number of fused-ring (bicyclic) bond motifs is 2. The summed E-state index contributed by atoms with van der Waals surface area (Å²) in [5.41, 5.74) is 0. The third kappa shape index (κ3) is 2.30. The minimum atomic E-state index is -2.12. The Hall–Kier alpha value is -1.96. The molecule has 0 spiro atoms. The minimum Gasteiger partial charge on any atom is -0.229 e. The monoisotopic (exact) mass is 271 g/mol. The van der Waals surface area contributed by atoms with Crippen LogP contribution in [0.15, 0.2) is 54.6 Å². The predicted molar refractivity (Wildman–Crippen MR) is 76.7 cm³/mol. The first-order valence-electron chi connectivity index (χ1n) is 5.89. The highest BCUT2D eigenvalue weighted by Gasteiger charge is 2.20. The van der Waals surface area contributed by atoms with E-state index in [-0.39, 0.29) is 0 Å². The maximum Gasteiger partial charge on any atom is 0.749 e. The molecule has 19 heavy (non-hydrogen) atoms. The zero-order valence-corrected chi connectivity index (χ0v) is 11.3. The fourth-order valence-corrected chi connectivity index (χ4v) is 2.53. The van der Waals surface area contributed by atoms with Gasteiger partial charge < -0.3 is 0 Å². The Bertz CT molecular complexity index is 768. The topological polar surface area (TPSA) is 35.5 Å². The van der Waals surface area contributed by atoms with Crippen molar-refractivity contribution in [3.8, 4) is 5.75 Å². The lowest BCUT2D eigenvalue weighted by molar-refractivity contribution is 0.350. The first-order chi connectivity index (χ1) is 9.28. The summed E-state index contributed by atoms with van der Waals surface area (Å²) in [7, 11) is -0.761. The normalized spacial score (nSPS) is 11.7. The van der Waals surface area contributed by atoms with E-state index in [9.17, 15) is 4.57 Å². The molecule has 3 aromatic rings. The quantitative estimate of drug-likeness (QED) is 0.512. The van der Waals surface area contributed by atoms with Crippen LogP contribution in [-0.2, 0) is 9.09 Å². The molecule has 0 amide bonds. The predicted octanol–water partition coefficient (Wildman–Crippen LogP) is 4.68. The lowest BCUT2D eigenvalue weighted by Gasteiger charge is -2.03. The number of hydrogen-bond donors (Lipinski definition) is 0. The van der Waals surface area contributed by atoms with Crippen LogP contribution in [0.5, 0.6) is 5.75 Å². The van der Waals surface area contributed by atoms with E-state index in [1.807, 2.05) is 36.4 Å². The van der Waals surface area contributed by atoms with E-state index in [2.05, 4.69) is 16.7 Å². The van der Waals surface area contributed by atoms with E-state index in [1.54, 1.807) is 6.07 Å². The molecule has 1 atom stereocenters. The molecule has 4 heteroatoms. The summed E-state index contributed by atoms with van der Waals surface area (Å²) < 4.78 is 21.4. The molecule has 1 unspecified atom stereocenters. The maximum absolute atomic E-state index is 11.4. The number of benzene rings is 3. The van der Waals surface area contributed by atoms with Gasteiger partial charge in [0.2, 0.25) is 0 Å². The highest BCUT2D eigenvalue weighted by atomic mass is 31.1. The standard InChI is InChI=1S/C15H12O3P/c1-17-19(16)18-15-8-4-7-13-9-11-5-2-3-6-12(11)10-14(13)15/h2-10H,1H3/q+1. The van der Waals surface area contributed by atoms with E-state index in [0.717, 1.165) is 16.2 Å². The van der Waals surface area contributed by atoms with Crippen molar-refractivity contribution in [3.05, 3.63) is 54.6 Å². The van der Waals surface area contributed by atoms with Gasteiger partial charge in [-0.25, -0.2) is 4.52 Å². The molecule has 0 N–H and O–H groups in total. The Kier molecular flexibility index (Phi) is 3.16. The highest BCUT2D eigenvalue weighted by Crippen LogP contribution is 2.35. The van der Waals surface area contributed by atoms with Crippen molar-refractivity contribution in [2.24, 2.45) is 0 Å². The summed E-state index contributed by atoms with van der Waals surface area (Å²) in [5.74, 6) is 0.575. The number of hydrogen-bond acceptors (Lipinski definition) is 3. The third-order valence-corrected chi connectivity index (χ3v) is 3.67. The third-order valence-electron chi connectivity index (χ3n) is 3.03.